The minimum Gasteiger partial charge on any atom is -0.356 e. The molecule has 2 N–H and O–H groups in total. The number of hydrogen-bond acceptors (Lipinski definition) is 3. The van der Waals surface area contributed by atoms with E-state index in [1.165, 1.54) is 6.07 Å². The average Bonchev–Trinajstić information content (AvgIpc) is 2.85. The normalized spacial score (nSPS) is 23.6. The van der Waals surface area contributed by atoms with Crippen LogP contribution in [0.25, 0.3) is 0 Å². The highest BCUT2D eigenvalue weighted by Gasteiger charge is 2.34. The fraction of sp³-hybridized carbons (Fsp3) is 0.615. The average molecular weight is 273 g/mol. The Morgan fingerprint density at radius 3 is 2.74 bits per heavy atom. The lowest BCUT2D eigenvalue weighted by atomic mass is 10.0. The van der Waals surface area contributed by atoms with Crippen molar-refractivity contribution in [2.45, 2.75) is 31.5 Å². The van der Waals surface area contributed by atoms with Crippen molar-refractivity contribution in [1.29, 1.82) is 0 Å². The summed E-state index contributed by atoms with van der Waals surface area (Å²) in [5.41, 5.74) is 4.86. The quantitative estimate of drug-likeness (QED) is 0.920. The summed E-state index contributed by atoms with van der Waals surface area (Å²) >= 11 is 0. The van der Waals surface area contributed by atoms with Crippen LogP contribution in [0, 0.1) is 5.92 Å². The molecule has 19 heavy (non-hydrogen) atoms. The van der Waals surface area contributed by atoms with Gasteiger partial charge >= 0.3 is 6.18 Å². The number of aromatic nitrogens is 1. The second-order valence-corrected chi connectivity index (χ2v) is 4.98. The molecule has 2 atom stereocenters. The van der Waals surface area contributed by atoms with E-state index in [0.29, 0.717) is 18.3 Å². The molecule has 0 spiro atoms. The summed E-state index contributed by atoms with van der Waals surface area (Å²) < 4.78 is 38.0. The highest BCUT2D eigenvalue weighted by Crippen LogP contribution is 2.33. The molecule has 1 aliphatic carbocycles. The van der Waals surface area contributed by atoms with Crippen LogP contribution in [-0.2, 0) is 6.18 Å². The molecule has 1 saturated carbocycles. The lowest BCUT2D eigenvalue weighted by Gasteiger charge is -2.30. The van der Waals surface area contributed by atoms with Crippen LogP contribution in [0.2, 0.25) is 0 Å². The van der Waals surface area contributed by atoms with Gasteiger partial charge < -0.3 is 10.6 Å². The molecule has 1 aliphatic rings. The minimum absolute atomic E-state index is 0.181. The standard InChI is InChI=1S/C13H18F3N3/c1-19(10-5-2-4-9(10)8-17)12-7-3-6-11(18-12)13(14,15)16/h3,6-7,9-10H,2,4-5,8,17H2,1H3. The first-order valence-corrected chi connectivity index (χ1v) is 6.40. The van der Waals surface area contributed by atoms with Crippen molar-refractivity contribution in [3.63, 3.8) is 0 Å². The van der Waals surface area contributed by atoms with Gasteiger partial charge in [-0.1, -0.05) is 12.5 Å². The predicted octanol–water partition coefficient (Wildman–Crippen LogP) is 2.66. The maximum atomic E-state index is 12.7. The van der Waals surface area contributed by atoms with Crippen molar-refractivity contribution in [3.8, 4) is 0 Å². The summed E-state index contributed by atoms with van der Waals surface area (Å²) in [4.78, 5) is 5.55. The molecule has 0 radical (unpaired) electrons. The third kappa shape index (κ3) is 3.00. The topological polar surface area (TPSA) is 42.2 Å². The van der Waals surface area contributed by atoms with Gasteiger partial charge in [0.15, 0.2) is 0 Å². The Balaban J connectivity index is 2.22. The number of anilines is 1. The number of nitrogens with two attached hydrogens (primary N) is 1. The van der Waals surface area contributed by atoms with Gasteiger partial charge in [-0.3, -0.25) is 0 Å². The Kier molecular flexibility index (Phi) is 3.99. The van der Waals surface area contributed by atoms with Gasteiger partial charge in [-0.25, -0.2) is 4.98 Å². The Morgan fingerprint density at radius 2 is 2.11 bits per heavy atom. The third-order valence-corrected chi connectivity index (χ3v) is 3.81. The molecule has 6 heteroatoms. The monoisotopic (exact) mass is 273 g/mol. The second-order valence-electron chi connectivity index (χ2n) is 4.98. The highest BCUT2D eigenvalue weighted by atomic mass is 19.4. The lowest BCUT2D eigenvalue weighted by molar-refractivity contribution is -0.141. The minimum atomic E-state index is -4.40. The van der Waals surface area contributed by atoms with Crippen molar-refractivity contribution >= 4 is 5.82 Å². The van der Waals surface area contributed by atoms with Crippen LogP contribution >= 0.6 is 0 Å². The van der Waals surface area contributed by atoms with Crippen LogP contribution in [0.1, 0.15) is 25.0 Å². The van der Waals surface area contributed by atoms with Crippen LogP contribution < -0.4 is 10.6 Å². The van der Waals surface area contributed by atoms with E-state index in [2.05, 4.69) is 4.98 Å². The summed E-state index contributed by atoms with van der Waals surface area (Å²) in [5, 5.41) is 0. The van der Waals surface area contributed by atoms with Crippen LogP contribution in [0.4, 0.5) is 19.0 Å². The molecule has 2 unspecified atom stereocenters. The maximum Gasteiger partial charge on any atom is 0.433 e. The first-order chi connectivity index (χ1) is 8.93. The first-order valence-electron chi connectivity index (χ1n) is 6.40. The summed E-state index contributed by atoms with van der Waals surface area (Å²) in [6, 6.07) is 4.18. The summed E-state index contributed by atoms with van der Waals surface area (Å²) in [6.45, 7) is 0.563. The van der Waals surface area contributed by atoms with Gasteiger partial charge in [0.05, 0.1) is 0 Å². The fourth-order valence-electron chi connectivity index (χ4n) is 2.75. The molecule has 106 valence electrons. The van der Waals surface area contributed by atoms with Crippen molar-refractivity contribution in [3.05, 3.63) is 23.9 Å². The van der Waals surface area contributed by atoms with Crippen LogP contribution in [0.5, 0.6) is 0 Å². The zero-order valence-electron chi connectivity index (χ0n) is 10.8. The number of halogens is 3. The zero-order valence-corrected chi connectivity index (χ0v) is 10.8. The smallest absolute Gasteiger partial charge is 0.356 e. The van der Waals surface area contributed by atoms with E-state index < -0.39 is 11.9 Å². The maximum absolute atomic E-state index is 12.7. The molecule has 1 aromatic rings. The lowest BCUT2D eigenvalue weighted by Crippen LogP contribution is -2.38. The molecule has 0 aliphatic heterocycles. The predicted molar refractivity (Wildman–Crippen MR) is 67.8 cm³/mol. The second kappa shape index (κ2) is 5.36. The van der Waals surface area contributed by atoms with Crippen molar-refractivity contribution in [2.24, 2.45) is 11.7 Å². The SMILES string of the molecule is CN(c1cccc(C(F)(F)F)n1)C1CCCC1CN. The molecule has 0 amide bonds. The van der Waals surface area contributed by atoms with Crippen LogP contribution in [-0.4, -0.2) is 24.6 Å². The Bertz CT molecular complexity index is 433. The molecule has 1 heterocycles. The van der Waals surface area contributed by atoms with Gasteiger partial charge in [0.25, 0.3) is 0 Å². The molecular weight excluding hydrogens is 255 g/mol. The molecule has 2 rings (SSSR count). The van der Waals surface area contributed by atoms with Gasteiger partial charge in [0, 0.05) is 13.1 Å². The fourth-order valence-corrected chi connectivity index (χ4v) is 2.75. The molecule has 0 saturated heterocycles. The van der Waals surface area contributed by atoms with Gasteiger partial charge in [0.1, 0.15) is 11.5 Å². The van der Waals surface area contributed by atoms with Crippen molar-refractivity contribution < 1.29 is 13.2 Å². The number of hydrogen-bond donors (Lipinski definition) is 1. The Hall–Kier alpha value is -1.30. The van der Waals surface area contributed by atoms with Crippen molar-refractivity contribution in [1.82, 2.24) is 4.98 Å². The van der Waals surface area contributed by atoms with E-state index in [-0.39, 0.29) is 6.04 Å². The number of nitrogens with zero attached hydrogens (tertiary/aromatic N) is 2. The van der Waals surface area contributed by atoms with E-state index in [4.69, 9.17) is 5.73 Å². The molecule has 0 aromatic carbocycles. The molecule has 3 nitrogen and oxygen atoms in total. The summed E-state index contributed by atoms with van der Waals surface area (Å²) in [6.07, 6.45) is -1.35. The molecule has 0 bridgehead atoms. The van der Waals surface area contributed by atoms with Gasteiger partial charge in [0.2, 0.25) is 0 Å². The first kappa shape index (κ1) is 14.1. The summed E-state index contributed by atoms with van der Waals surface area (Å²) in [5.74, 6) is 0.696. The Labute approximate surface area is 110 Å². The van der Waals surface area contributed by atoms with Gasteiger partial charge in [-0.05, 0) is 37.4 Å². The van der Waals surface area contributed by atoms with E-state index in [1.54, 1.807) is 13.1 Å². The molecule has 1 aromatic heterocycles. The van der Waals surface area contributed by atoms with E-state index in [0.717, 1.165) is 25.3 Å². The Morgan fingerprint density at radius 1 is 1.37 bits per heavy atom. The number of rotatable bonds is 3. The van der Waals surface area contributed by atoms with E-state index >= 15 is 0 Å². The van der Waals surface area contributed by atoms with Crippen molar-refractivity contribution in [2.75, 3.05) is 18.5 Å². The molecule has 1 fully saturated rings. The zero-order chi connectivity index (χ0) is 14.0. The van der Waals surface area contributed by atoms with Crippen LogP contribution in [0.15, 0.2) is 18.2 Å². The number of pyridine rings is 1. The van der Waals surface area contributed by atoms with E-state index in [1.807, 2.05) is 4.90 Å². The van der Waals surface area contributed by atoms with E-state index in [9.17, 15) is 13.2 Å². The van der Waals surface area contributed by atoms with Gasteiger partial charge in [-0.15, -0.1) is 0 Å². The van der Waals surface area contributed by atoms with Crippen LogP contribution in [0.3, 0.4) is 0 Å². The third-order valence-electron chi connectivity index (χ3n) is 3.81. The van der Waals surface area contributed by atoms with Gasteiger partial charge in [-0.2, -0.15) is 13.2 Å². The molecular formula is C13H18F3N3. The highest BCUT2D eigenvalue weighted by molar-refractivity contribution is 5.40. The number of alkyl halides is 3. The summed E-state index contributed by atoms with van der Waals surface area (Å²) in [7, 11) is 1.79. The largest absolute Gasteiger partial charge is 0.433 e.